The maximum atomic E-state index is 6.20. The van der Waals surface area contributed by atoms with E-state index in [0.29, 0.717) is 27.3 Å². The second-order valence-corrected chi connectivity index (χ2v) is 5.37. The lowest BCUT2D eigenvalue weighted by molar-refractivity contribution is 1.22. The van der Waals surface area contributed by atoms with Crippen LogP contribution in [-0.4, -0.2) is 9.97 Å². The van der Waals surface area contributed by atoms with Crippen molar-refractivity contribution in [3.05, 3.63) is 52.0 Å². The van der Waals surface area contributed by atoms with E-state index in [9.17, 15) is 0 Å². The minimum Gasteiger partial charge on any atom is -0.383 e. The molecule has 1 aromatic heterocycles. The molecule has 3 rings (SSSR count). The molecule has 3 aromatic rings. The molecule has 1 heterocycles. The normalized spacial score (nSPS) is 10.9. The molecule has 0 unspecified atom stereocenters. The smallest absolute Gasteiger partial charge is 0.163 e. The van der Waals surface area contributed by atoms with E-state index in [1.54, 1.807) is 18.2 Å². The lowest BCUT2D eigenvalue weighted by Crippen LogP contribution is -1.99. The van der Waals surface area contributed by atoms with E-state index < -0.39 is 0 Å². The average Bonchev–Trinajstić information content (AvgIpc) is 2.40. The minimum atomic E-state index is 0.444. The standard InChI is InChI=1S/C15H11Cl2N3/c1-8-3-2-4-11-13(8)19-15(20-14(11)18)10-6-5-9(16)7-12(10)17/h2-7H,1H3,(H2,18,19,20). The Hall–Kier alpha value is -1.84. The highest BCUT2D eigenvalue weighted by molar-refractivity contribution is 6.36. The zero-order chi connectivity index (χ0) is 14.3. The number of nitrogens with two attached hydrogens (primary N) is 1. The third-order valence-electron chi connectivity index (χ3n) is 3.13. The first-order valence-corrected chi connectivity index (χ1v) is 6.80. The SMILES string of the molecule is Cc1cccc2c(N)nc(-c3ccc(Cl)cc3Cl)nc12. The van der Waals surface area contributed by atoms with Crippen LogP contribution >= 0.6 is 23.2 Å². The van der Waals surface area contributed by atoms with Gasteiger partial charge in [0.1, 0.15) is 5.82 Å². The summed E-state index contributed by atoms with van der Waals surface area (Å²) in [5.41, 5.74) is 8.62. The second-order valence-electron chi connectivity index (χ2n) is 4.53. The number of nitrogens with zero attached hydrogens (tertiary/aromatic N) is 2. The number of halogens is 2. The maximum Gasteiger partial charge on any atom is 0.163 e. The van der Waals surface area contributed by atoms with E-state index in [1.807, 2.05) is 25.1 Å². The molecule has 2 N–H and O–H groups in total. The number of benzene rings is 2. The number of nitrogen functional groups attached to an aromatic ring is 1. The first-order chi connectivity index (χ1) is 9.56. The van der Waals surface area contributed by atoms with Crippen molar-refractivity contribution in [1.29, 1.82) is 0 Å². The van der Waals surface area contributed by atoms with Crippen LogP contribution in [-0.2, 0) is 0 Å². The van der Waals surface area contributed by atoms with Gasteiger partial charge in [0, 0.05) is 16.0 Å². The van der Waals surface area contributed by atoms with Crippen molar-refractivity contribution in [1.82, 2.24) is 9.97 Å². The number of hydrogen-bond donors (Lipinski definition) is 1. The largest absolute Gasteiger partial charge is 0.383 e. The molecule has 0 bridgehead atoms. The van der Waals surface area contributed by atoms with Gasteiger partial charge < -0.3 is 5.73 Å². The summed E-state index contributed by atoms with van der Waals surface area (Å²) >= 11 is 12.1. The van der Waals surface area contributed by atoms with Gasteiger partial charge in [-0.2, -0.15) is 0 Å². The van der Waals surface area contributed by atoms with Crippen LogP contribution in [0.2, 0.25) is 10.0 Å². The Labute approximate surface area is 126 Å². The van der Waals surface area contributed by atoms with E-state index in [0.717, 1.165) is 16.5 Å². The van der Waals surface area contributed by atoms with Crippen molar-refractivity contribution in [2.75, 3.05) is 5.73 Å². The number of hydrogen-bond acceptors (Lipinski definition) is 3. The summed E-state index contributed by atoms with van der Waals surface area (Å²) < 4.78 is 0. The van der Waals surface area contributed by atoms with E-state index >= 15 is 0 Å². The van der Waals surface area contributed by atoms with Crippen LogP contribution in [0.25, 0.3) is 22.3 Å². The van der Waals surface area contributed by atoms with E-state index in [4.69, 9.17) is 28.9 Å². The predicted octanol–water partition coefficient (Wildman–Crippen LogP) is 4.49. The fraction of sp³-hybridized carbons (Fsp3) is 0.0667. The number of para-hydroxylation sites is 1. The molecular formula is C15H11Cl2N3. The van der Waals surface area contributed by atoms with Crippen LogP contribution in [0.3, 0.4) is 0 Å². The average molecular weight is 304 g/mol. The van der Waals surface area contributed by atoms with Gasteiger partial charge in [-0.15, -0.1) is 0 Å². The molecule has 20 heavy (non-hydrogen) atoms. The van der Waals surface area contributed by atoms with Gasteiger partial charge in [-0.3, -0.25) is 0 Å². The lowest BCUT2D eigenvalue weighted by Gasteiger charge is -2.08. The molecule has 0 fully saturated rings. The molecule has 0 amide bonds. The van der Waals surface area contributed by atoms with Crippen molar-refractivity contribution >= 4 is 39.9 Å². The van der Waals surface area contributed by atoms with Crippen molar-refractivity contribution in [3.63, 3.8) is 0 Å². The quantitative estimate of drug-likeness (QED) is 0.720. The summed E-state index contributed by atoms with van der Waals surface area (Å²) in [5.74, 6) is 0.950. The van der Waals surface area contributed by atoms with Gasteiger partial charge in [0.25, 0.3) is 0 Å². The van der Waals surface area contributed by atoms with Crippen LogP contribution < -0.4 is 5.73 Å². The highest BCUT2D eigenvalue weighted by Gasteiger charge is 2.11. The van der Waals surface area contributed by atoms with Crippen LogP contribution in [0.5, 0.6) is 0 Å². The number of anilines is 1. The highest BCUT2D eigenvalue weighted by Crippen LogP contribution is 2.31. The Balaban J connectivity index is 2.29. The Morgan fingerprint density at radius 3 is 2.60 bits per heavy atom. The summed E-state index contributed by atoms with van der Waals surface area (Å²) in [6.07, 6.45) is 0. The molecular weight excluding hydrogens is 293 g/mol. The minimum absolute atomic E-state index is 0.444. The van der Waals surface area contributed by atoms with Gasteiger partial charge in [-0.05, 0) is 36.8 Å². The highest BCUT2D eigenvalue weighted by atomic mass is 35.5. The number of aromatic nitrogens is 2. The van der Waals surface area contributed by atoms with Gasteiger partial charge in [-0.25, -0.2) is 9.97 Å². The molecule has 0 aliphatic carbocycles. The van der Waals surface area contributed by atoms with E-state index in [1.165, 1.54) is 0 Å². The number of fused-ring (bicyclic) bond motifs is 1. The van der Waals surface area contributed by atoms with Gasteiger partial charge in [-0.1, -0.05) is 35.3 Å². The molecule has 0 atom stereocenters. The van der Waals surface area contributed by atoms with E-state index in [-0.39, 0.29) is 0 Å². The van der Waals surface area contributed by atoms with E-state index in [2.05, 4.69) is 9.97 Å². The van der Waals surface area contributed by atoms with Crippen LogP contribution in [0.15, 0.2) is 36.4 Å². The zero-order valence-corrected chi connectivity index (χ0v) is 12.2. The van der Waals surface area contributed by atoms with Gasteiger partial charge in [0.2, 0.25) is 0 Å². The Bertz CT molecular complexity index is 816. The Morgan fingerprint density at radius 2 is 1.85 bits per heavy atom. The summed E-state index contributed by atoms with van der Waals surface area (Å²) in [6.45, 7) is 1.99. The van der Waals surface area contributed by atoms with Crippen molar-refractivity contribution < 1.29 is 0 Å². The lowest BCUT2D eigenvalue weighted by atomic mass is 10.1. The predicted molar refractivity (Wildman–Crippen MR) is 84.1 cm³/mol. The van der Waals surface area contributed by atoms with Crippen molar-refractivity contribution in [2.45, 2.75) is 6.92 Å². The van der Waals surface area contributed by atoms with Gasteiger partial charge in [0.15, 0.2) is 5.82 Å². The number of rotatable bonds is 1. The second kappa shape index (κ2) is 4.93. The molecule has 0 radical (unpaired) electrons. The summed E-state index contributed by atoms with van der Waals surface area (Å²) in [4.78, 5) is 8.92. The van der Waals surface area contributed by atoms with Gasteiger partial charge in [0.05, 0.1) is 10.5 Å². The molecule has 5 heteroatoms. The first-order valence-electron chi connectivity index (χ1n) is 6.04. The fourth-order valence-corrected chi connectivity index (χ4v) is 2.60. The molecule has 0 aliphatic rings. The fourth-order valence-electron chi connectivity index (χ4n) is 2.11. The molecule has 2 aromatic carbocycles. The summed E-state index contributed by atoms with van der Waals surface area (Å²) in [5, 5.41) is 1.92. The molecule has 0 aliphatic heterocycles. The third kappa shape index (κ3) is 2.19. The van der Waals surface area contributed by atoms with Gasteiger partial charge >= 0.3 is 0 Å². The Kier molecular flexibility index (Phi) is 3.24. The first kappa shape index (κ1) is 13.2. The summed E-state index contributed by atoms with van der Waals surface area (Å²) in [7, 11) is 0. The number of aryl methyl sites for hydroxylation is 1. The topological polar surface area (TPSA) is 51.8 Å². The maximum absolute atomic E-state index is 6.20. The van der Waals surface area contributed by atoms with Crippen LogP contribution in [0.1, 0.15) is 5.56 Å². The Morgan fingerprint density at radius 1 is 1.05 bits per heavy atom. The molecule has 3 nitrogen and oxygen atoms in total. The molecule has 0 spiro atoms. The van der Waals surface area contributed by atoms with Crippen molar-refractivity contribution in [3.8, 4) is 11.4 Å². The third-order valence-corrected chi connectivity index (χ3v) is 3.68. The van der Waals surface area contributed by atoms with Crippen LogP contribution in [0.4, 0.5) is 5.82 Å². The van der Waals surface area contributed by atoms with Crippen molar-refractivity contribution in [2.24, 2.45) is 0 Å². The molecule has 0 saturated carbocycles. The molecule has 100 valence electrons. The van der Waals surface area contributed by atoms with Crippen LogP contribution in [0, 0.1) is 6.92 Å². The molecule has 0 saturated heterocycles. The monoisotopic (exact) mass is 303 g/mol. The summed E-state index contributed by atoms with van der Waals surface area (Å²) in [6, 6.07) is 11.0. The zero-order valence-electron chi connectivity index (χ0n) is 10.7.